The lowest BCUT2D eigenvalue weighted by atomic mass is 10.2. The standard InChI is InChI=1S/C13H15N3O3S/c1-7(13-8(2)20-9(3)15-13)14-11-5-4-10(17)6-12(11)16(18)19/h4-7,14,17H,1-3H3. The summed E-state index contributed by atoms with van der Waals surface area (Å²) in [7, 11) is 0. The smallest absolute Gasteiger partial charge is 0.296 e. The molecule has 0 aliphatic carbocycles. The van der Waals surface area contributed by atoms with Crippen molar-refractivity contribution in [2.75, 3.05) is 5.32 Å². The number of anilines is 1. The SMILES string of the molecule is Cc1nc(C(C)Nc2ccc(O)cc2[N+](=O)[O-])c(C)s1. The summed E-state index contributed by atoms with van der Waals surface area (Å²) >= 11 is 1.60. The molecule has 1 unspecified atom stereocenters. The summed E-state index contributed by atoms with van der Waals surface area (Å²) in [6.07, 6.45) is 0. The van der Waals surface area contributed by atoms with Crippen LogP contribution in [0, 0.1) is 24.0 Å². The molecule has 0 saturated heterocycles. The molecule has 0 aliphatic heterocycles. The first kappa shape index (κ1) is 14.3. The van der Waals surface area contributed by atoms with Crippen LogP contribution >= 0.6 is 11.3 Å². The molecule has 0 amide bonds. The predicted octanol–water partition coefficient (Wildman–Crippen LogP) is 3.55. The highest BCUT2D eigenvalue weighted by Crippen LogP contribution is 2.32. The van der Waals surface area contributed by atoms with Crippen molar-refractivity contribution in [1.29, 1.82) is 0 Å². The van der Waals surface area contributed by atoms with Crippen molar-refractivity contribution in [1.82, 2.24) is 4.98 Å². The number of aromatic nitrogens is 1. The molecule has 106 valence electrons. The van der Waals surface area contributed by atoms with E-state index in [1.807, 2.05) is 20.8 Å². The van der Waals surface area contributed by atoms with E-state index in [1.54, 1.807) is 11.3 Å². The molecule has 7 heteroatoms. The predicted molar refractivity (Wildman–Crippen MR) is 78.4 cm³/mol. The van der Waals surface area contributed by atoms with E-state index >= 15 is 0 Å². The maximum atomic E-state index is 11.0. The molecule has 0 fully saturated rings. The van der Waals surface area contributed by atoms with E-state index in [9.17, 15) is 15.2 Å². The average Bonchev–Trinajstić information content (AvgIpc) is 2.70. The number of rotatable bonds is 4. The highest BCUT2D eigenvalue weighted by atomic mass is 32.1. The molecule has 1 atom stereocenters. The second kappa shape index (κ2) is 5.46. The Kier molecular flexibility index (Phi) is 3.89. The number of nitro benzene ring substituents is 1. The third-order valence-corrected chi connectivity index (χ3v) is 3.80. The van der Waals surface area contributed by atoms with Gasteiger partial charge in [0.1, 0.15) is 11.4 Å². The van der Waals surface area contributed by atoms with Gasteiger partial charge < -0.3 is 10.4 Å². The molecule has 1 aromatic heterocycles. The van der Waals surface area contributed by atoms with E-state index in [1.165, 1.54) is 12.1 Å². The van der Waals surface area contributed by atoms with Gasteiger partial charge in [-0.25, -0.2) is 4.98 Å². The third-order valence-electron chi connectivity index (χ3n) is 2.90. The minimum absolute atomic E-state index is 0.129. The highest BCUT2D eigenvalue weighted by molar-refractivity contribution is 7.11. The second-order valence-electron chi connectivity index (χ2n) is 4.50. The Morgan fingerprint density at radius 2 is 2.15 bits per heavy atom. The number of aromatic hydroxyl groups is 1. The normalized spacial score (nSPS) is 12.2. The van der Waals surface area contributed by atoms with Crippen molar-refractivity contribution >= 4 is 22.7 Å². The summed E-state index contributed by atoms with van der Waals surface area (Å²) in [5.74, 6) is -0.129. The first-order valence-electron chi connectivity index (χ1n) is 6.06. The zero-order valence-corrected chi connectivity index (χ0v) is 12.2. The lowest BCUT2D eigenvalue weighted by molar-refractivity contribution is -0.384. The Bertz CT molecular complexity index is 654. The molecule has 2 rings (SSSR count). The Morgan fingerprint density at radius 3 is 2.70 bits per heavy atom. The van der Waals surface area contributed by atoms with Crippen LogP contribution in [0.4, 0.5) is 11.4 Å². The fraction of sp³-hybridized carbons (Fsp3) is 0.308. The molecule has 0 aliphatic rings. The zero-order chi connectivity index (χ0) is 14.9. The van der Waals surface area contributed by atoms with Crippen molar-refractivity contribution < 1.29 is 10.0 Å². The number of nitrogens with zero attached hydrogens (tertiary/aromatic N) is 2. The van der Waals surface area contributed by atoms with E-state index in [0.29, 0.717) is 5.69 Å². The van der Waals surface area contributed by atoms with Crippen LogP contribution in [0.15, 0.2) is 18.2 Å². The maximum absolute atomic E-state index is 11.0. The molecule has 1 heterocycles. The van der Waals surface area contributed by atoms with Gasteiger partial charge in [0.25, 0.3) is 5.69 Å². The van der Waals surface area contributed by atoms with E-state index < -0.39 is 4.92 Å². The number of hydrogen-bond acceptors (Lipinski definition) is 6. The van der Waals surface area contributed by atoms with E-state index in [4.69, 9.17) is 0 Å². The molecule has 20 heavy (non-hydrogen) atoms. The van der Waals surface area contributed by atoms with Gasteiger partial charge in [-0.05, 0) is 32.9 Å². The third kappa shape index (κ3) is 2.88. The van der Waals surface area contributed by atoms with Crippen molar-refractivity contribution in [3.8, 4) is 5.75 Å². The van der Waals surface area contributed by atoms with Crippen LogP contribution in [0.2, 0.25) is 0 Å². The topological polar surface area (TPSA) is 88.3 Å². The quantitative estimate of drug-likeness (QED) is 0.511. The molecule has 2 aromatic rings. The molecular weight excluding hydrogens is 278 g/mol. The number of phenolic OH excluding ortho intramolecular Hbond substituents is 1. The summed E-state index contributed by atoms with van der Waals surface area (Å²) in [6, 6.07) is 3.90. The van der Waals surface area contributed by atoms with Gasteiger partial charge in [-0.15, -0.1) is 11.3 Å². The van der Waals surface area contributed by atoms with Crippen molar-refractivity contribution in [2.24, 2.45) is 0 Å². The van der Waals surface area contributed by atoms with Gasteiger partial charge in [-0.2, -0.15) is 0 Å². The monoisotopic (exact) mass is 293 g/mol. The summed E-state index contributed by atoms with van der Waals surface area (Å²) < 4.78 is 0. The lowest BCUT2D eigenvalue weighted by Gasteiger charge is -2.14. The fourth-order valence-corrected chi connectivity index (χ4v) is 2.96. The number of phenols is 1. The van der Waals surface area contributed by atoms with Crippen LogP contribution < -0.4 is 5.32 Å². The van der Waals surface area contributed by atoms with E-state index in [2.05, 4.69) is 10.3 Å². The van der Waals surface area contributed by atoms with Crippen LogP contribution in [-0.4, -0.2) is 15.0 Å². The van der Waals surface area contributed by atoms with Crippen LogP contribution in [-0.2, 0) is 0 Å². The van der Waals surface area contributed by atoms with Crippen molar-refractivity contribution in [3.05, 3.63) is 43.9 Å². The summed E-state index contributed by atoms with van der Waals surface area (Å²) in [5.41, 5.74) is 1.10. The zero-order valence-electron chi connectivity index (χ0n) is 11.4. The number of nitro groups is 1. The largest absolute Gasteiger partial charge is 0.508 e. The average molecular weight is 293 g/mol. The molecule has 6 nitrogen and oxygen atoms in total. The first-order valence-corrected chi connectivity index (χ1v) is 6.88. The van der Waals surface area contributed by atoms with Gasteiger partial charge >= 0.3 is 0 Å². The minimum Gasteiger partial charge on any atom is -0.508 e. The van der Waals surface area contributed by atoms with Gasteiger partial charge in [0.2, 0.25) is 0 Å². The summed E-state index contributed by atoms with van der Waals surface area (Å²) in [6.45, 7) is 5.80. The molecule has 0 bridgehead atoms. The van der Waals surface area contributed by atoms with E-state index in [0.717, 1.165) is 21.6 Å². The van der Waals surface area contributed by atoms with E-state index in [-0.39, 0.29) is 17.5 Å². The van der Waals surface area contributed by atoms with Gasteiger partial charge in [0.05, 0.1) is 27.7 Å². The van der Waals surface area contributed by atoms with Gasteiger partial charge in [-0.3, -0.25) is 10.1 Å². The maximum Gasteiger partial charge on any atom is 0.296 e. The van der Waals surface area contributed by atoms with Crippen LogP contribution in [0.3, 0.4) is 0 Å². The van der Waals surface area contributed by atoms with Crippen LogP contribution in [0.5, 0.6) is 5.75 Å². The van der Waals surface area contributed by atoms with Crippen molar-refractivity contribution in [2.45, 2.75) is 26.8 Å². The number of hydrogen-bond donors (Lipinski definition) is 2. The molecular formula is C13H15N3O3S. The fourth-order valence-electron chi connectivity index (χ4n) is 2.04. The number of benzene rings is 1. The molecule has 1 aromatic carbocycles. The molecule has 2 N–H and O–H groups in total. The number of thiazole rings is 1. The van der Waals surface area contributed by atoms with Crippen molar-refractivity contribution in [3.63, 3.8) is 0 Å². The Balaban J connectivity index is 2.30. The van der Waals surface area contributed by atoms with Gasteiger partial charge in [-0.1, -0.05) is 0 Å². The lowest BCUT2D eigenvalue weighted by Crippen LogP contribution is -2.09. The van der Waals surface area contributed by atoms with Crippen LogP contribution in [0.1, 0.15) is 28.5 Å². The Labute approximate surface area is 120 Å². The second-order valence-corrected chi connectivity index (χ2v) is 5.91. The molecule has 0 radical (unpaired) electrons. The molecule has 0 spiro atoms. The summed E-state index contributed by atoms with van der Waals surface area (Å²) in [5, 5.41) is 24.4. The van der Waals surface area contributed by atoms with Gasteiger partial charge in [0, 0.05) is 4.88 Å². The Hall–Kier alpha value is -2.15. The number of aryl methyl sites for hydroxylation is 2. The Morgan fingerprint density at radius 1 is 1.45 bits per heavy atom. The van der Waals surface area contributed by atoms with Crippen LogP contribution in [0.25, 0.3) is 0 Å². The van der Waals surface area contributed by atoms with Gasteiger partial charge in [0.15, 0.2) is 0 Å². The molecule has 0 saturated carbocycles. The first-order chi connectivity index (χ1) is 9.38. The highest BCUT2D eigenvalue weighted by Gasteiger charge is 2.19. The number of nitrogens with one attached hydrogen (secondary N) is 1. The minimum atomic E-state index is -0.520. The summed E-state index contributed by atoms with van der Waals surface area (Å²) in [4.78, 5) is 16.0.